The molecule has 0 radical (unpaired) electrons. The van der Waals surface area contributed by atoms with Crippen molar-refractivity contribution < 1.29 is 23.8 Å². The third-order valence-corrected chi connectivity index (χ3v) is 3.23. The number of rotatable bonds is 8. The highest BCUT2D eigenvalue weighted by atomic mass is 16.6. The van der Waals surface area contributed by atoms with Gasteiger partial charge in [0.25, 0.3) is 0 Å². The molecule has 0 unspecified atom stereocenters. The summed E-state index contributed by atoms with van der Waals surface area (Å²) in [7, 11) is 0. The average molecular weight is 328 g/mol. The quantitative estimate of drug-likeness (QED) is 0.549. The molecule has 5 nitrogen and oxygen atoms in total. The van der Waals surface area contributed by atoms with Gasteiger partial charge in [0.2, 0.25) is 0 Å². The minimum absolute atomic E-state index is 0.150. The molecule has 0 N–H and O–H groups in total. The van der Waals surface area contributed by atoms with Crippen molar-refractivity contribution in [1.29, 1.82) is 0 Å². The highest BCUT2D eigenvalue weighted by molar-refractivity contribution is 5.97. The summed E-state index contributed by atoms with van der Waals surface area (Å²) in [6.45, 7) is 3.59. The molecular weight excluding hydrogens is 308 g/mol. The molecule has 126 valence electrons. The number of benzene rings is 2. The van der Waals surface area contributed by atoms with Gasteiger partial charge in [-0.1, -0.05) is 30.3 Å². The van der Waals surface area contributed by atoms with E-state index in [-0.39, 0.29) is 19.0 Å². The first-order chi connectivity index (χ1) is 11.6. The van der Waals surface area contributed by atoms with Gasteiger partial charge in [-0.15, -0.1) is 0 Å². The standard InChI is InChI=1S/C19H20O5/c1-3-22-19(21)13-24-18-11-16(9-10-17(18)14(2)20)23-12-15-7-5-4-6-8-15/h4-11H,3,12-13H2,1-2H3. The fourth-order valence-electron chi connectivity index (χ4n) is 2.08. The summed E-state index contributed by atoms with van der Waals surface area (Å²) in [6, 6.07) is 14.7. The van der Waals surface area contributed by atoms with Gasteiger partial charge in [0.15, 0.2) is 12.4 Å². The van der Waals surface area contributed by atoms with Crippen LogP contribution in [0.25, 0.3) is 0 Å². The maximum atomic E-state index is 11.7. The summed E-state index contributed by atoms with van der Waals surface area (Å²) in [5, 5.41) is 0. The molecular formula is C19H20O5. The zero-order valence-electron chi connectivity index (χ0n) is 13.8. The smallest absolute Gasteiger partial charge is 0.344 e. The molecule has 0 aliphatic heterocycles. The minimum Gasteiger partial charge on any atom is -0.489 e. The Kier molecular flexibility index (Phi) is 6.37. The molecule has 0 aliphatic rings. The Bertz CT molecular complexity index is 694. The summed E-state index contributed by atoms with van der Waals surface area (Å²) in [6.07, 6.45) is 0. The SMILES string of the molecule is CCOC(=O)COc1cc(OCc2ccccc2)ccc1C(C)=O. The topological polar surface area (TPSA) is 61.8 Å². The van der Waals surface area contributed by atoms with E-state index in [1.807, 2.05) is 30.3 Å². The summed E-state index contributed by atoms with van der Waals surface area (Å²) < 4.78 is 16.0. The Labute approximate surface area is 141 Å². The van der Waals surface area contributed by atoms with Gasteiger partial charge in [-0.2, -0.15) is 0 Å². The summed E-state index contributed by atoms with van der Waals surface area (Å²) in [4.78, 5) is 23.1. The lowest BCUT2D eigenvalue weighted by Gasteiger charge is -2.12. The van der Waals surface area contributed by atoms with E-state index in [2.05, 4.69) is 0 Å². The van der Waals surface area contributed by atoms with E-state index in [1.165, 1.54) is 6.92 Å². The van der Waals surface area contributed by atoms with Crippen LogP contribution in [0.5, 0.6) is 11.5 Å². The van der Waals surface area contributed by atoms with Crippen LogP contribution in [0.15, 0.2) is 48.5 Å². The van der Waals surface area contributed by atoms with Crippen molar-refractivity contribution >= 4 is 11.8 Å². The predicted molar refractivity (Wildman–Crippen MR) is 89.3 cm³/mol. The van der Waals surface area contributed by atoms with E-state index in [0.29, 0.717) is 23.7 Å². The number of carbonyl (C=O) groups excluding carboxylic acids is 2. The number of hydrogen-bond acceptors (Lipinski definition) is 5. The maximum absolute atomic E-state index is 11.7. The first kappa shape index (κ1) is 17.5. The van der Waals surface area contributed by atoms with Gasteiger partial charge >= 0.3 is 5.97 Å². The lowest BCUT2D eigenvalue weighted by Crippen LogP contribution is -2.15. The molecule has 2 aromatic rings. The third kappa shape index (κ3) is 5.12. The highest BCUT2D eigenvalue weighted by Crippen LogP contribution is 2.26. The second-order valence-corrected chi connectivity index (χ2v) is 5.08. The molecule has 0 aliphatic carbocycles. The van der Waals surface area contributed by atoms with E-state index in [0.717, 1.165) is 5.56 Å². The van der Waals surface area contributed by atoms with Gasteiger partial charge in [-0.3, -0.25) is 4.79 Å². The van der Waals surface area contributed by atoms with Gasteiger partial charge < -0.3 is 14.2 Å². The second kappa shape index (κ2) is 8.72. The first-order valence-corrected chi connectivity index (χ1v) is 7.70. The number of esters is 1. The van der Waals surface area contributed by atoms with Crippen LogP contribution in [-0.4, -0.2) is 25.0 Å². The number of ether oxygens (including phenoxy) is 3. The predicted octanol–water partition coefficient (Wildman–Crippen LogP) is 3.41. The molecule has 2 rings (SSSR count). The van der Waals surface area contributed by atoms with Crippen molar-refractivity contribution in [3.63, 3.8) is 0 Å². The van der Waals surface area contributed by atoms with Gasteiger partial charge in [0.1, 0.15) is 18.1 Å². The largest absolute Gasteiger partial charge is 0.489 e. The van der Waals surface area contributed by atoms with Crippen LogP contribution in [0, 0.1) is 0 Å². The number of carbonyl (C=O) groups is 2. The van der Waals surface area contributed by atoms with Gasteiger partial charge in [-0.25, -0.2) is 4.79 Å². The molecule has 5 heteroatoms. The molecule has 0 amide bonds. The van der Waals surface area contributed by atoms with Crippen molar-refractivity contribution in [2.45, 2.75) is 20.5 Å². The van der Waals surface area contributed by atoms with E-state index in [9.17, 15) is 9.59 Å². The van der Waals surface area contributed by atoms with E-state index < -0.39 is 5.97 Å². The number of ketones is 1. The van der Waals surface area contributed by atoms with Crippen molar-refractivity contribution in [3.8, 4) is 11.5 Å². The van der Waals surface area contributed by atoms with Crippen LogP contribution in [0.1, 0.15) is 29.8 Å². The van der Waals surface area contributed by atoms with Crippen molar-refractivity contribution in [3.05, 3.63) is 59.7 Å². The summed E-state index contributed by atoms with van der Waals surface area (Å²) in [5.74, 6) is 0.231. The molecule has 0 saturated carbocycles. The van der Waals surface area contributed by atoms with Crippen LogP contribution in [0.2, 0.25) is 0 Å². The second-order valence-electron chi connectivity index (χ2n) is 5.08. The lowest BCUT2D eigenvalue weighted by atomic mass is 10.1. The van der Waals surface area contributed by atoms with E-state index >= 15 is 0 Å². The van der Waals surface area contributed by atoms with Gasteiger partial charge in [0.05, 0.1) is 12.2 Å². The Morgan fingerprint density at radius 1 is 1.00 bits per heavy atom. The first-order valence-electron chi connectivity index (χ1n) is 7.70. The third-order valence-electron chi connectivity index (χ3n) is 3.23. The molecule has 0 heterocycles. The van der Waals surface area contributed by atoms with Crippen LogP contribution >= 0.6 is 0 Å². The Balaban J connectivity index is 2.08. The van der Waals surface area contributed by atoms with Crippen LogP contribution in [0.3, 0.4) is 0 Å². The van der Waals surface area contributed by atoms with Crippen molar-refractivity contribution in [2.24, 2.45) is 0 Å². The monoisotopic (exact) mass is 328 g/mol. The maximum Gasteiger partial charge on any atom is 0.344 e. The zero-order chi connectivity index (χ0) is 17.4. The van der Waals surface area contributed by atoms with Gasteiger partial charge in [-0.05, 0) is 31.5 Å². The van der Waals surface area contributed by atoms with Crippen LogP contribution < -0.4 is 9.47 Å². The zero-order valence-corrected chi connectivity index (χ0v) is 13.8. The normalized spacial score (nSPS) is 10.1. The Hall–Kier alpha value is -2.82. The molecule has 0 fully saturated rings. The highest BCUT2D eigenvalue weighted by Gasteiger charge is 2.12. The minimum atomic E-state index is -0.484. The van der Waals surface area contributed by atoms with E-state index in [4.69, 9.17) is 14.2 Å². The molecule has 0 spiro atoms. The Morgan fingerprint density at radius 3 is 2.42 bits per heavy atom. The average Bonchev–Trinajstić information content (AvgIpc) is 2.59. The molecule has 24 heavy (non-hydrogen) atoms. The molecule has 2 aromatic carbocycles. The fraction of sp³-hybridized carbons (Fsp3) is 0.263. The van der Waals surface area contributed by atoms with Crippen molar-refractivity contribution in [1.82, 2.24) is 0 Å². The molecule has 0 saturated heterocycles. The van der Waals surface area contributed by atoms with Crippen LogP contribution in [-0.2, 0) is 16.1 Å². The number of Topliss-reactive ketones (excluding diaryl/α,β-unsaturated/α-hetero) is 1. The molecule has 0 atom stereocenters. The van der Waals surface area contributed by atoms with Gasteiger partial charge in [0, 0.05) is 6.07 Å². The van der Waals surface area contributed by atoms with Crippen LogP contribution in [0.4, 0.5) is 0 Å². The molecule has 0 bridgehead atoms. The summed E-state index contributed by atoms with van der Waals surface area (Å²) in [5.41, 5.74) is 1.42. The number of hydrogen-bond donors (Lipinski definition) is 0. The lowest BCUT2D eigenvalue weighted by molar-refractivity contribution is -0.145. The van der Waals surface area contributed by atoms with E-state index in [1.54, 1.807) is 25.1 Å². The molecule has 0 aromatic heterocycles. The Morgan fingerprint density at radius 2 is 1.75 bits per heavy atom. The fourth-order valence-corrected chi connectivity index (χ4v) is 2.08. The summed E-state index contributed by atoms with van der Waals surface area (Å²) >= 11 is 0. The van der Waals surface area contributed by atoms with Crippen molar-refractivity contribution in [2.75, 3.05) is 13.2 Å².